The minimum atomic E-state index is -3.30. The number of nitrogens with zero attached hydrogens (tertiary/aromatic N) is 7. The van der Waals surface area contributed by atoms with Crippen molar-refractivity contribution in [1.29, 1.82) is 5.26 Å². The zero-order valence-corrected chi connectivity index (χ0v) is 17.3. The van der Waals surface area contributed by atoms with E-state index in [-0.39, 0.29) is 40.5 Å². The van der Waals surface area contributed by atoms with E-state index >= 15 is 0 Å². The molecule has 1 unspecified atom stereocenters. The second-order valence-corrected chi connectivity index (χ2v) is 8.81. The molecule has 1 aromatic heterocycles. The van der Waals surface area contributed by atoms with Crippen LogP contribution in [-0.4, -0.2) is 55.5 Å². The van der Waals surface area contributed by atoms with Crippen LogP contribution in [0.1, 0.15) is 12.6 Å². The van der Waals surface area contributed by atoms with Crippen LogP contribution >= 0.6 is 11.6 Å². The number of nitriles is 1. The van der Waals surface area contributed by atoms with Gasteiger partial charge in [-0.05, 0) is 12.1 Å². The molecule has 0 aliphatic carbocycles. The third kappa shape index (κ3) is 4.54. The van der Waals surface area contributed by atoms with Gasteiger partial charge in [-0.3, -0.25) is 14.9 Å². The minimum Gasteiger partial charge on any atom is -0.338 e. The highest BCUT2D eigenvalue weighted by Crippen LogP contribution is 2.24. The number of carbonyl (C=O) groups excluding carboxylic acids is 1. The fourth-order valence-corrected chi connectivity index (χ4v) is 5.11. The van der Waals surface area contributed by atoms with Gasteiger partial charge in [0.25, 0.3) is 11.6 Å². The maximum Gasteiger partial charge on any atom is 0.269 e. The molecule has 0 saturated carbocycles. The summed E-state index contributed by atoms with van der Waals surface area (Å²) in [4.78, 5) is 32.3. The quantitative estimate of drug-likeness (QED) is 0.391. The van der Waals surface area contributed by atoms with Gasteiger partial charge in [0.2, 0.25) is 5.95 Å². The lowest BCUT2D eigenvalue weighted by molar-refractivity contribution is -0.384. The SMILES string of the molecule is CC(=O)N=S(=O)(c1ccc([N+](=O)[O-])cc1)N1CCN(c2nc(Cl)cc(C#N)n2)CC1. The van der Waals surface area contributed by atoms with Gasteiger partial charge in [-0.2, -0.15) is 5.26 Å². The topological polar surface area (TPSA) is 146 Å². The van der Waals surface area contributed by atoms with Crippen molar-refractivity contribution in [2.75, 3.05) is 31.1 Å². The average Bonchev–Trinajstić information content (AvgIpc) is 2.73. The van der Waals surface area contributed by atoms with Gasteiger partial charge in [0.1, 0.15) is 26.8 Å². The number of anilines is 1. The lowest BCUT2D eigenvalue weighted by Crippen LogP contribution is -2.49. The molecule has 1 aromatic carbocycles. The van der Waals surface area contributed by atoms with Crippen LogP contribution in [0.2, 0.25) is 5.15 Å². The molecule has 1 atom stereocenters. The first-order chi connectivity index (χ1) is 14.2. The summed E-state index contributed by atoms with van der Waals surface area (Å²) in [5, 5.41) is 20.1. The van der Waals surface area contributed by atoms with Crippen LogP contribution in [0.5, 0.6) is 0 Å². The molecule has 1 fully saturated rings. The van der Waals surface area contributed by atoms with Gasteiger partial charge in [0.15, 0.2) is 0 Å². The van der Waals surface area contributed by atoms with E-state index in [4.69, 9.17) is 16.9 Å². The Balaban J connectivity index is 1.87. The van der Waals surface area contributed by atoms with Crippen LogP contribution < -0.4 is 4.90 Å². The molecule has 156 valence electrons. The van der Waals surface area contributed by atoms with Crippen LogP contribution in [0.3, 0.4) is 0 Å². The summed E-state index contributed by atoms with van der Waals surface area (Å²) in [6, 6.07) is 8.42. The number of halogens is 1. The molecule has 1 aliphatic rings. The standard InChI is InChI=1S/C17H16ClN7O4S/c1-12(26)22-30(29,15-4-2-14(3-5-15)25(27)28)24-8-6-23(7-9-24)17-20-13(11-19)10-16(18)21-17/h2-5,10H,6-9H2,1H3. The number of nitro groups is 1. The summed E-state index contributed by atoms with van der Waals surface area (Å²) in [5.41, 5.74) is -0.0202. The number of amides is 1. The largest absolute Gasteiger partial charge is 0.338 e. The third-order valence-electron chi connectivity index (χ3n) is 4.28. The van der Waals surface area contributed by atoms with Crippen LogP contribution in [0.15, 0.2) is 39.6 Å². The van der Waals surface area contributed by atoms with Crippen molar-refractivity contribution in [3.63, 3.8) is 0 Å². The summed E-state index contributed by atoms with van der Waals surface area (Å²) in [7, 11) is -3.30. The number of piperazine rings is 1. The van der Waals surface area contributed by atoms with E-state index in [0.29, 0.717) is 13.1 Å². The molecule has 0 radical (unpaired) electrons. The molecular weight excluding hydrogens is 434 g/mol. The molecule has 1 aliphatic heterocycles. The van der Waals surface area contributed by atoms with E-state index in [2.05, 4.69) is 14.3 Å². The summed E-state index contributed by atoms with van der Waals surface area (Å²) in [6.45, 7) is 2.41. The summed E-state index contributed by atoms with van der Waals surface area (Å²) in [5.74, 6) is -0.332. The highest BCUT2D eigenvalue weighted by molar-refractivity contribution is 7.91. The smallest absolute Gasteiger partial charge is 0.269 e. The van der Waals surface area contributed by atoms with E-state index in [1.807, 2.05) is 6.07 Å². The highest BCUT2D eigenvalue weighted by Gasteiger charge is 2.29. The second-order valence-electron chi connectivity index (χ2n) is 6.26. The van der Waals surface area contributed by atoms with Crippen LogP contribution in [0, 0.1) is 21.4 Å². The number of nitro benzene ring substituents is 1. The van der Waals surface area contributed by atoms with Crippen molar-refractivity contribution < 1.29 is 13.9 Å². The first kappa shape index (κ1) is 21.6. The minimum absolute atomic E-state index is 0.133. The lowest BCUT2D eigenvalue weighted by atomic mass is 10.3. The molecular formula is C17H16ClN7O4S. The number of rotatable bonds is 4. The van der Waals surface area contributed by atoms with E-state index in [9.17, 15) is 19.1 Å². The van der Waals surface area contributed by atoms with E-state index < -0.39 is 20.7 Å². The summed E-state index contributed by atoms with van der Waals surface area (Å²) < 4.78 is 19.1. The molecule has 2 heterocycles. The van der Waals surface area contributed by atoms with Crippen molar-refractivity contribution in [1.82, 2.24) is 14.3 Å². The Morgan fingerprint density at radius 2 is 1.90 bits per heavy atom. The molecule has 0 spiro atoms. The number of benzene rings is 1. The Morgan fingerprint density at radius 1 is 1.27 bits per heavy atom. The molecule has 1 amide bonds. The number of carbonyl (C=O) groups is 1. The number of non-ortho nitro benzene ring substituents is 1. The maximum absolute atomic E-state index is 13.7. The molecule has 1 saturated heterocycles. The Labute approximate surface area is 177 Å². The van der Waals surface area contributed by atoms with Gasteiger partial charge in [0, 0.05) is 51.3 Å². The summed E-state index contributed by atoms with van der Waals surface area (Å²) in [6.07, 6.45) is 0. The molecule has 30 heavy (non-hydrogen) atoms. The second kappa shape index (κ2) is 8.70. The normalized spacial score (nSPS) is 16.4. The van der Waals surface area contributed by atoms with Gasteiger partial charge in [-0.25, -0.2) is 18.5 Å². The average molecular weight is 450 g/mol. The molecule has 3 rings (SSSR count). The van der Waals surface area contributed by atoms with Crippen LogP contribution in [0.25, 0.3) is 0 Å². The van der Waals surface area contributed by atoms with Crippen molar-refractivity contribution >= 4 is 39.1 Å². The van der Waals surface area contributed by atoms with Crippen molar-refractivity contribution in [2.24, 2.45) is 4.36 Å². The van der Waals surface area contributed by atoms with Gasteiger partial charge in [0.05, 0.1) is 9.82 Å². The lowest BCUT2D eigenvalue weighted by Gasteiger charge is -2.35. The zero-order valence-electron chi connectivity index (χ0n) is 15.8. The maximum atomic E-state index is 13.7. The first-order valence-electron chi connectivity index (χ1n) is 8.70. The van der Waals surface area contributed by atoms with Crippen molar-refractivity contribution in [2.45, 2.75) is 11.8 Å². The number of aromatic nitrogens is 2. The van der Waals surface area contributed by atoms with Crippen molar-refractivity contribution in [3.8, 4) is 6.07 Å². The fraction of sp³-hybridized carbons (Fsp3) is 0.294. The highest BCUT2D eigenvalue weighted by atomic mass is 35.5. The Hall–Kier alpha value is -3.14. The Bertz CT molecular complexity index is 1150. The van der Waals surface area contributed by atoms with Crippen LogP contribution in [0.4, 0.5) is 11.6 Å². The number of hydrogen-bond donors (Lipinski definition) is 0. The summed E-state index contributed by atoms with van der Waals surface area (Å²) >= 11 is 5.94. The van der Waals surface area contributed by atoms with Gasteiger partial charge >= 0.3 is 0 Å². The van der Waals surface area contributed by atoms with Gasteiger partial charge < -0.3 is 4.90 Å². The Kier molecular flexibility index (Phi) is 6.25. The monoisotopic (exact) mass is 449 g/mol. The third-order valence-corrected chi connectivity index (χ3v) is 6.93. The van der Waals surface area contributed by atoms with Crippen LogP contribution in [-0.2, 0) is 14.7 Å². The fourth-order valence-electron chi connectivity index (χ4n) is 2.92. The Morgan fingerprint density at radius 3 is 2.43 bits per heavy atom. The number of hydrogen-bond acceptors (Lipinski definition) is 8. The van der Waals surface area contributed by atoms with E-state index in [1.165, 1.54) is 37.3 Å². The molecule has 11 nitrogen and oxygen atoms in total. The predicted octanol–water partition coefficient (Wildman–Crippen LogP) is 2.02. The first-order valence-corrected chi connectivity index (χ1v) is 10.5. The zero-order chi connectivity index (χ0) is 21.9. The predicted molar refractivity (Wildman–Crippen MR) is 108 cm³/mol. The molecule has 13 heteroatoms. The molecule has 0 bridgehead atoms. The van der Waals surface area contributed by atoms with Gasteiger partial charge in [-0.1, -0.05) is 11.6 Å². The molecule has 0 N–H and O–H groups in total. The molecule has 2 aromatic rings. The van der Waals surface area contributed by atoms with E-state index in [0.717, 1.165) is 0 Å². The van der Waals surface area contributed by atoms with Crippen molar-refractivity contribution in [3.05, 3.63) is 51.3 Å². The van der Waals surface area contributed by atoms with E-state index in [1.54, 1.807) is 9.21 Å². The van der Waals surface area contributed by atoms with Gasteiger partial charge in [-0.15, -0.1) is 4.36 Å².